The Balaban J connectivity index is 2.20. The zero-order valence-electron chi connectivity index (χ0n) is 9.94. The first-order valence-corrected chi connectivity index (χ1v) is 5.51. The van der Waals surface area contributed by atoms with E-state index >= 15 is 0 Å². The molecule has 0 saturated carbocycles. The Morgan fingerprint density at radius 3 is 3.00 bits per heavy atom. The lowest BCUT2D eigenvalue weighted by molar-refractivity contribution is -0.354. The summed E-state index contributed by atoms with van der Waals surface area (Å²) in [5.74, 6) is 0.669. The largest absolute Gasteiger partial charge is 0.469 e. The SMILES string of the molecule is CN=C(CC1(Cc2ccco2)C=CC=N1)[N+](=O)[O-]. The molecule has 0 amide bonds. The smallest absolute Gasteiger partial charge is 0.335 e. The van der Waals surface area contributed by atoms with Gasteiger partial charge in [-0.1, -0.05) is 11.1 Å². The Morgan fingerprint density at radius 2 is 2.50 bits per heavy atom. The summed E-state index contributed by atoms with van der Waals surface area (Å²) in [6.45, 7) is 0. The molecule has 0 saturated heterocycles. The molecule has 2 heterocycles. The summed E-state index contributed by atoms with van der Waals surface area (Å²) in [6, 6.07) is 3.62. The second-order valence-corrected chi connectivity index (χ2v) is 4.07. The van der Waals surface area contributed by atoms with E-state index in [1.165, 1.54) is 7.05 Å². The average molecular weight is 247 g/mol. The van der Waals surface area contributed by atoms with Gasteiger partial charge in [0.05, 0.1) is 18.2 Å². The van der Waals surface area contributed by atoms with Crippen LogP contribution in [0.3, 0.4) is 0 Å². The Morgan fingerprint density at radius 1 is 1.67 bits per heavy atom. The van der Waals surface area contributed by atoms with Gasteiger partial charge in [-0.05, 0) is 23.1 Å². The monoisotopic (exact) mass is 247 g/mol. The Labute approximate surface area is 104 Å². The standard InChI is InChI=1S/C12H13N3O3/c1-13-11(15(16)17)9-12(5-3-6-14-12)8-10-4-2-7-18-10/h2-7H,8-9H2,1H3. The molecular weight excluding hydrogens is 234 g/mol. The highest BCUT2D eigenvalue weighted by atomic mass is 16.6. The second kappa shape index (κ2) is 4.95. The number of nitrogens with zero attached hydrogens (tertiary/aromatic N) is 3. The number of allylic oxidation sites excluding steroid dienone is 1. The van der Waals surface area contributed by atoms with Crippen LogP contribution in [0.2, 0.25) is 0 Å². The molecule has 6 heteroatoms. The zero-order chi connectivity index (χ0) is 13.0. The number of nitro groups is 1. The summed E-state index contributed by atoms with van der Waals surface area (Å²) in [6.07, 6.45) is 7.51. The van der Waals surface area contributed by atoms with Gasteiger partial charge < -0.3 is 14.5 Å². The van der Waals surface area contributed by atoms with Gasteiger partial charge in [0.2, 0.25) is 0 Å². The number of amidine groups is 1. The van der Waals surface area contributed by atoms with Crippen LogP contribution in [0.4, 0.5) is 0 Å². The van der Waals surface area contributed by atoms with E-state index in [1.54, 1.807) is 24.6 Å². The normalized spacial score (nSPS) is 22.6. The Hall–Kier alpha value is -2.24. The predicted octanol–water partition coefficient (Wildman–Crippen LogP) is 1.90. The zero-order valence-corrected chi connectivity index (χ0v) is 9.94. The molecule has 0 radical (unpaired) electrons. The van der Waals surface area contributed by atoms with Crippen LogP contribution in [0.15, 0.2) is 44.9 Å². The minimum Gasteiger partial charge on any atom is -0.469 e. The number of rotatable bonds is 4. The van der Waals surface area contributed by atoms with Crippen molar-refractivity contribution >= 4 is 12.1 Å². The van der Waals surface area contributed by atoms with Crippen LogP contribution in [0, 0.1) is 10.1 Å². The molecule has 1 unspecified atom stereocenters. The van der Waals surface area contributed by atoms with Gasteiger partial charge in [-0.2, -0.15) is 0 Å². The molecule has 1 atom stereocenters. The van der Waals surface area contributed by atoms with E-state index in [0.717, 1.165) is 5.76 Å². The maximum Gasteiger partial charge on any atom is 0.335 e. The fraction of sp³-hybridized carbons (Fsp3) is 0.333. The summed E-state index contributed by atoms with van der Waals surface area (Å²) in [4.78, 5) is 18.4. The van der Waals surface area contributed by atoms with Gasteiger partial charge in [-0.3, -0.25) is 4.99 Å². The van der Waals surface area contributed by atoms with Crippen molar-refractivity contribution in [2.45, 2.75) is 18.4 Å². The molecule has 0 bridgehead atoms. The Bertz CT molecular complexity index is 503. The van der Waals surface area contributed by atoms with Crippen molar-refractivity contribution in [3.05, 3.63) is 46.4 Å². The molecule has 94 valence electrons. The van der Waals surface area contributed by atoms with Crippen molar-refractivity contribution < 1.29 is 9.34 Å². The molecule has 0 aliphatic carbocycles. The van der Waals surface area contributed by atoms with Crippen LogP contribution in [0.25, 0.3) is 0 Å². The topological polar surface area (TPSA) is 81.0 Å². The lowest BCUT2D eigenvalue weighted by Gasteiger charge is -2.21. The second-order valence-electron chi connectivity index (χ2n) is 4.07. The van der Waals surface area contributed by atoms with Crippen LogP contribution >= 0.6 is 0 Å². The number of aliphatic imine (C=N–C) groups is 2. The predicted molar refractivity (Wildman–Crippen MR) is 67.7 cm³/mol. The highest BCUT2D eigenvalue weighted by molar-refractivity contribution is 5.80. The van der Waals surface area contributed by atoms with E-state index in [9.17, 15) is 10.1 Å². The summed E-state index contributed by atoms with van der Waals surface area (Å²) in [5.41, 5.74) is -0.653. The highest BCUT2D eigenvalue weighted by Crippen LogP contribution is 2.27. The van der Waals surface area contributed by atoms with Crippen molar-refractivity contribution in [3.63, 3.8) is 0 Å². The van der Waals surface area contributed by atoms with E-state index in [-0.39, 0.29) is 12.3 Å². The van der Waals surface area contributed by atoms with Crippen LogP contribution in [0.1, 0.15) is 12.2 Å². The summed E-state index contributed by atoms with van der Waals surface area (Å²) in [7, 11) is 1.42. The molecule has 0 fully saturated rings. The van der Waals surface area contributed by atoms with Gasteiger partial charge in [-0.25, -0.2) is 0 Å². The third-order valence-corrected chi connectivity index (χ3v) is 2.82. The van der Waals surface area contributed by atoms with Crippen molar-refractivity contribution in [1.29, 1.82) is 0 Å². The first-order chi connectivity index (χ1) is 8.65. The minimum absolute atomic E-state index is 0.0785. The molecule has 1 aromatic rings. The van der Waals surface area contributed by atoms with Gasteiger partial charge in [0.1, 0.15) is 12.8 Å². The van der Waals surface area contributed by atoms with Gasteiger partial charge in [-0.15, -0.1) is 0 Å². The van der Waals surface area contributed by atoms with E-state index < -0.39 is 10.5 Å². The molecule has 0 N–H and O–H groups in total. The number of hydrogen-bond acceptors (Lipinski definition) is 5. The van der Waals surface area contributed by atoms with E-state index in [2.05, 4.69) is 9.98 Å². The van der Waals surface area contributed by atoms with Crippen molar-refractivity contribution in [1.82, 2.24) is 0 Å². The van der Waals surface area contributed by atoms with Crippen LogP contribution in [0.5, 0.6) is 0 Å². The molecule has 1 aromatic heterocycles. The van der Waals surface area contributed by atoms with E-state index in [0.29, 0.717) is 6.42 Å². The molecule has 2 rings (SSSR count). The van der Waals surface area contributed by atoms with Gasteiger partial charge in [0, 0.05) is 12.6 Å². The Kier molecular flexibility index (Phi) is 3.36. The first-order valence-electron chi connectivity index (χ1n) is 5.51. The molecule has 1 aliphatic heterocycles. The third kappa shape index (κ3) is 2.53. The quantitative estimate of drug-likeness (QED) is 0.352. The molecule has 0 spiro atoms. The van der Waals surface area contributed by atoms with Crippen LogP contribution in [-0.4, -0.2) is 29.6 Å². The fourth-order valence-electron chi connectivity index (χ4n) is 1.94. The van der Waals surface area contributed by atoms with Gasteiger partial charge in [0.15, 0.2) is 0 Å². The van der Waals surface area contributed by atoms with Crippen molar-refractivity contribution in [3.8, 4) is 0 Å². The van der Waals surface area contributed by atoms with Crippen molar-refractivity contribution in [2.75, 3.05) is 7.05 Å². The third-order valence-electron chi connectivity index (χ3n) is 2.82. The fourth-order valence-corrected chi connectivity index (χ4v) is 1.94. The minimum atomic E-state index is -0.653. The lowest BCUT2D eigenvalue weighted by Crippen LogP contribution is -2.31. The van der Waals surface area contributed by atoms with Crippen LogP contribution < -0.4 is 0 Å². The van der Waals surface area contributed by atoms with Crippen LogP contribution in [-0.2, 0) is 6.42 Å². The van der Waals surface area contributed by atoms with E-state index in [1.807, 2.05) is 12.1 Å². The van der Waals surface area contributed by atoms with Gasteiger partial charge in [0.25, 0.3) is 0 Å². The summed E-state index contributed by atoms with van der Waals surface area (Å²) >= 11 is 0. The van der Waals surface area contributed by atoms with E-state index in [4.69, 9.17) is 4.42 Å². The number of hydrogen-bond donors (Lipinski definition) is 0. The molecule has 18 heavy (non-hydrogen) atoms. The maximum atomic E-state index is 10.8. The summed E-state index contributed by atoms with van der Waals surface area (Å²) in [5, 5.41) is 10.8. The average Bonchev–Trinajstić information content (AvgIpc) is 2.98. The van der Waals surface area contributed by atoms with Crippen molar-refractivity contribution in [2.24, 2.45) is 9.98 Å². The van der Waals surface area contributed by atoms with Gasteiger partial charge >= 0.3 is 5.84 Å². The highest BCUT2D eigenvalue weighted by Gasteiger charge is 2.35. The molecule has 6 nitrogen and oxygen atoms in total. The first kappa shape index (κ1) is 12.2. The molecular formula is C12H13N3O3. The number of furan rings is 1. The maximum absolute atomic E-state index is 10.8. The molecule has 0 aromatic carbocycles. The summed E-state index contributed by atoms with van der Waals surface area (Å²) < 4.78 is 5.28. The molecule has 1 aliphatic rings. The lowest BCUT2D eigenvalue weighted by atomic mass is 9.91.